The van der Waals surface area contributed by atoms with Crippen molar-refractivity contribution in [3.63, 3.8) is 0 Å². The number of pyridine rings is 1. The van der Waals surface area contributed by atoms with Crippen LogP contribution in [0.1, 0.15) is 23.2 Å². The SMILES string of the molecule is Nc1nc(C(F)(F)F)c(C(F)F)cc1CO. The van der Waals surface area contributed by atoms with E-state index >= 15 is 0 Å². The number of nitrogens with zero attached hydrogens (tertiary/aromatic N) is 1. The second-order valence-electron chi connectivity index (χ2n) is 2.93. The second-order valence-corrected chi connectivity index (χ2v) is 2.93. The fraction of sp³-hybridized carbons (Fsp3) is 0.375. The van der Waals surface area contributed by atoms with E-state index in [0.29, 0.717) is 6.07 Å². The quantitative estimate of drug-likeness (QED) is 0.781. The number of anilines is 1. The first-order valence-electron chi connectivity index (χ1n) is 4.03. The molecule has 0 fully saturated rings. The van der Waals surface area contributed by atoms with E-state index in [1.165, 1.54) is 0 Å². The Hall–Kier alpha value is -1.44. The Morgan fingerprint density at radius 2 is 1.94 bits per heavy atom. The van der Waals surface area contributed by atoms with Gasteiger partial charge in [0.2, 0.25) is 0 Å². The van der Waals surface area contributed by atoms with Crippen molar-refractivity contribution in [3.05, 3.63) is 22.9 Å². The lowest BCUT2D eigenvalue weighted by Crippen LogP contribution is -2.15. The lowest BCUT2D eigenvalue weighted by molar-refractivity contribution is -0.143. The van der Waals surface area contributed by atoms with E-state index in [2.05, 4.69) is 4.98 Å². The maximum Gasteiger partial charge on any atom is 0.433 e. The Morgan fingerprint density at radius 3 is 2.31 bits per heavy atom. The van der Waals surface area contributed by atoms with Crippen molar-refractivity contribution >= 4 is 5.82 Å². The molecule has 1 heterocycles. The van der Waals surface area contributed by atoms with Gasteiger partial charge in [-0.25, -0.2) is 13.8 Å². The third-order valence-corrected chi connectivity index (χ3v) is 1.84. The van der Waals surface area contributed by atoms with Gasteiger partial charge < -0.3 is 10.8 Å². The number of nitrogens with two attached hydrogens (primary N) is 1. The minimum absolute atomic E-state index is 0.261. The first-order chi connectivity index (χ1) is 7.27. The fourth-order valence-electron chi connectivity index (χ4n) is 1.11. The summed E-state index contributed by atoms with van der Waals surface area (Å²) in [5.74, 6) is -0.612. The Labute approximate surface area is 86.7 Å². The zero-order valence-corrected chi connectivity index (χ0v) is 7.72. The Morgan fingerprint density at radius 1 is 1.38 bits per heavy atom. The summed E-state index contributed by atoms with van der Waals surface area (Å²) in [4.78, 5) is 2.85. The van der Waals surface area contributed by atoms with Crippen LogP contribution < -0.4 is 5.73 Å². The van der Waals surface area contributed by atoms with Crippen LogP contribution in [0.4, 0.5) is 27.8 Å². The largest absolute Gasteiger partial charge is 0.433 e. The summed E-state index contributed by atoms with van der Waals surface area (Å²) in [6, 6.07) is 0.510. The first kappa shape index (κ1) is 12.6. The van der Waals surface area contributed by atoms with Crippen molar-refractivity contribution in [2.75, 3.05) is 5.73 Å². The molecule has 8 heteroatoms. The van der Waals surface area contributed by atoms with E-state index in [1.54, 1.807) is 0 Å². The normalized spacial score (nSPS) is 12.2. The van der Waals surface area contributed by atoms with Crippen LogP contribution in [0.5, 0.6) is 0 Å². The number of aromatic nitrogens is 1. The van der Waals surface area contributed by atoms with E-state index in [9.17, 15) is 22.0 Å². The van der Waals surface area contributed by atoms with Crippen LogP contribution in [-0.4, -0.2) is 10.1 Å². The van der Waals surface area contributed by atoms with Crippen molar-refractivity contribution < 1.29 is 27.1 Å². The van der Waals surface area contributed by atoms with Crippen LogP contribution in [0.2, 0.25) is 0 Å². The summed E-state index contributed by atoms with van der Waals surface area (Å²) in [6.07, 6.45) is -8.34. The molecule has 0 spiro atoms. The predicted molar refractivity (Wildman–Crippen MR) is 44.5 cm³/mol. The lowest BCUT2D eigenvalue weighted by Gasteiger charge is -2.13. The molecule has 90 valence electrons. The van der Waals surface area contributed by atoms with Gasteiger partial charge in [0.25, 0.3) is 6.43 Å². The summed E-state index contributed by atoms with van der Waals surface area (Å²) in [6.45, 7) is -0.753. The molecule has 0 amide bonds. The molecule has 1 aromatic heterocycles. The summed E-state index contributed by atoms with van der Waals surface area (Å²) < 4.78 is 61.6. The Kier molecular flexibility index (Phi) is 3.32. The number of alkyl halides is 5. The van der Waals surface area contributed by atoms with Gasteiger partial charge in [-0.2, -0.15) is 13.2 Å². The number of aliphatic hydroxyl groups is 1. The molecule has 1 aromatic rings. The van der Waals surface area contributed by atoms with Crippen LogP contribution in [0.3, 0.4) is 0 Å². The van der Waals surface area contributed by atoms with Crippen LogP contribution in [-0.2, 0) is 12.8 Å². The van der Waals surface area contributed by atoms with Crippen molar-refractivity contribution in [3.8, 4) is 0 Å². The number of aliphatic hydroxyl groups excluding tert-OH is 1. The first-order valence-corrected chi connectivity index (χ1v) is 4.03. The van der Waals surface area contributed by atoms with Crippen molar-refractivity contribution in [2.24, 2.45) is 0 Å². The molecule has 0 saturated heterocycles. The highest BCUT2D eigenvalue weighted by Crippen LogP contribution is 2.36. The van der Waals surface area contributed by atoms with Crippen molar-refractivity contribution in [2.45, 2.75) is 19.2 Å². The van der Waals surface area contributed by atoms with E-state index in [1.807, 2.05) is 0 Å². The van der Waals surface area contributed by atoms with Crippen molar-refractivity contribution in [1.29, 1.82) is 0 Å². The lowest BCUT2D eigenvalue weighted by atomic mass is 10.1. The van der Waals surface area contributed by atoms with Gasteiger partial charge in [0.1, 0.15) is 5.82 Å². The maximum absolute atomic E-state index is 12.3. The van der Waals surface area contributed by atoms with Crippen molar-refractivity contribution in [1.82, 2.24) is 4.98 Å². The zero-order chi connectivity index (χ0) is 12.5. The smallest absolute Gasteiger partial charge is 0.392 e. The van der Waals surface area contributed by atoms with Gasteiger partial charge in [0.15, 0.2) is 5.69 Å². The number of halogens is 5. The molecule has 0 atom stereocenters. The molecule has 1 rings (SSSR count). The van der Waals surface area contributed by atoms with Gasteiger partial charge in [-0.05, 0) is 6.07 Å². The van der Waals surface area contributed by atoms with E-state index in [-0.39, 0.29) is 5.56 Å². The Balaban J connectivity index is 3.42. The summed E-state index contributed by atoms with van der Waals surface area (Å²) in [5.41, 5.74) is 1.81. The third kappa shape index (κ3) is 2.38. The van der Waals surface area contributed by atoms with Gasteiger partial charge in [-0.1, -0.05) is 0 Å². The predicted octanol–water partition coefficient (Wildman–Crippen LogP) is 2.11. The topological polar surface area (TPSA) is 59.1 Å². The number of hydrogen-bond donors (Lipinski definition) is 2. The zero-order valence-electron chi connectivity index (χ0n) is 7.72. The van der Waals surface area contributed by atoms with E-state index in [4.69, 9.17) is 10.8 Å². The standard InChI is InChI=1S/C8H7F5N2O/c9-6(10)4-1-3(2-16)7(14)15-5(4)8(11,12)13/h1,6,16H,2H2,(H2,14,15). The second kappa shape index (κ2) is 4.20. The van der Waals surface area contributed by atoms with Crippen LogP contribution >= 0.6 is 0 Å². The van der Waals surface area contributed by atoms with Gasteiger partial charge in [-0.3, -0.25) is 0 Å². The molecule has 3 N–H and O–H groups in total. The van der Waals surface area contributed by atoms with E-state index in [0.717, 1.165) is 0 Å². The highest BCUT2D eigenvalue weighted by Gasteiger charge is 2.38. The molecule has 0 aliphatic rings. The summed E-state index contributed by atoms with van der Waals surface area (Å²) in [7, 11) is 0. The fourth-order valence-corrected chi connectivity index (χ4v) is 1.11. The van der Waals surface area contributed by atoms with Gasteiger partial charge in [0.05, 0.1) is 6.61 Å². The molecule has 0 saturated carbocycles. The number of nitrogen functional groups attached to an aromatic ring is 1. The van der Waals surface area contributed by atoms with Crippen LogP contribution in [0.15, 0.2) is 6.07 Å². The molecule has 0 bridgehead atoms. The molecule has 3 nitrogen and oxygen atoms in total. The molecular weight excluding hydrogens is 235 g/mol. The minimum Gasteiger partial charge on any atom is -0.392 e. The average Bonchev–Trinajstić information content (AvgIpc) is 2.15. The van der Waals surface area contributed by atoms with Gasteiger partial charge in [-0.15, -0.1) is 0 Å². The molecule has 0 aliphatic heterocycles. The van der Waals surface area contributed by atoms with Crippen LogP contribution in [0, 0.1) is 0 Å². The summed E-state index contributed by atoms with van der Waals surface area (Å²) in [5, 5.41) is 8.67. The highest BCUT2D eigenvalue weighted by atomic mass is 19.4. The highest BCUT2D eigenvalue weighted by molar-refractivity contribution is 5.44. The monoisotopic (exact) mass is 242 g/mol. The molecule has 0 unspecified atom stereocenters. The molecule has 0 aliphatic carbocycles. The van der Waals surface area contributed by atoms with Gasteiger partial charge >= 0.3 is 6.18 Å². The molecule has 0 radical (unpaired) electrons. The molecule has 0 aromatic carbocycles. The summed E-state index contributed by atoms with van der Waals surface area (Å²) >= 11 is 0. The minimum atomic E-state index is -5.01. The molecular formula is C8H7F5N2O. The number of hydrogen-bond acceptors (Lipinski definition) is 3. The number of rotatable bonds is 2. The third-order valence-electron chi connectivity index (χ3n) is 1.84. The molecule has 16 heavy (non-hydrogen) atoms. The average molecular weight is 242 g/mol. The Bertz CT molecular complexity index is 391. The van der Waals surface area contributed by atoms with E-state index < -0.39 is 36.3 Å². The van der Waals surface area contributed by atoms with Crippen LogP contribution in [0.25, 0.3) is 0 Å². The maximum atomic E-state index is 12.3. The van der Waals surface area contributed by atoms with Gasteiger partial charge in [0, 0.05) is 11.1 Å².